The highest BCUT2D eigenvalue weighted by Crippen LogP contribution is 2.32. The van der Waals surface area contributed by atoms with Gasteiger partial charge in [-0.05, 0) is 64.8 Å². The van der Waals surface area contributed by atoms with E-state index in [9.17, 15) is 9.18 Å². The van der Waals surface area contributed by atoms with Gasteiger partial charge < -0.3 is 14.1 Å². The van der Waals surface area contributed by atoms with Gasteiger partial charge in [-0.3, -0.25) is 0 Å². The molecule has 5 nitrogen and oxygen atoms in total. The lowest BCUT2D eigenvalue weighted by Crippen LogP contribution is -2.47. The zero-order valence-electron chi connectivity index (χ0n) is 15.7. The van der Waals surface area contributed by atoms with E-state index in [-0.39, 0.29) is 23.9 Å². The van der Waals surface area contributed by atoms with E-state index in [4.69, 9.17) is 9.15 Å². The molecule has 2 aromatic rings. The van der Waals surface area contributed by atoms with Crippen molar-refractivity contribution in [3.8, 4) is 11.3 Å². The lowest BCUT2D eigenvalue weighted by atomic mass is 9.93. The number of oxazole rings is 1. The molecular weight excluding hydrogens is 335 g/mol. The Labute approximate surface area is 153 Å². The molecule has 26 heavy (non-hydrogen) atoms. The molecular formula is C20H25FN2O3. The van der Waals surface area contributed by atoms with Gasteiger partial charge in [-0.25, -0.2) is 14.2 Å². The molecule has 1 saturated heterocycles. The van der Waals surface area contributed by atoms with Crippen LogP contribution in [0, 0.1) is 5.82 Å². The Balaban J connectivity index is 1.73. The van der Waals surface area contributed by atoms with Crippen LogP contribution in [0.25, 0.3) is 11.3 Å². The second kappa shape index (κ2) is 7.09. The average Bonchev–Trinajstić information content (AvgIpc) is 3.04. The zero-order valence-corrected chi connectivity index (χ0v) is 15.7. The summed E-state index contributed by atoms with van der Waals surface area (Å²) in [7, 11) is 0. The van der Waals surface area contributed by atoms with Crippen LogP contribution in [0.2, 0.25) is 0 Å². The number of amides is 1. The molecule has 1 aromatic carbocycles. The number of hydrogen-bond donors (Lipinski definition) is 0. The monoisotopic (exact) mass is 360 g/mol. The highest BCUT2D eigenvalue weighted by Gasteiger charge is 2.34. The topological polar surface area (TPSA) is 55.6 Å². The molecule has 2 heterocycles. The Bertz CT molecular complexity index is 764. The van der Waals surface area contributed by atoms with Crippen molar-refractivity contribution in [3.63, 3.8) is 0 Å². The fraction of sp³-hybridized carbons (Fsp3) is 0.500. The first-order valence-electron chi connectivity index (χ1n) is 8.94. The van der Waals surface area contributed by atoms with E-state index in [0.29, 0.717) is 18.1 Å². The molecule has 1 fully saturated rings. The number of ether oxygens (including phenoxy) is 1. The molecule has 140 valence electrons. The first-order valence-corrected chi connectivity index (χ1v) is 8.94. The number of aromatic nitrogens is 1. The van der Waals surface area contributed by atoms with Gasteiger partial charge >= 0.3 is 6.09 Å². The van der Waals surface area contributed by atoms with Crippen molar-refractivity contribution >= 4 is 6.09 Å². The number of halogens is 1. The quantitative estimate of drug-likeness (QED) is 0.757. The number of rotatable bonds is 2. The number of piperidine rings is 1. The highest BCUT2D eigenvalue weighted by atomic mass is 19.1. The van der Waals surface area contributed by atoms with E-state index in [2.05, 4.69) is 4.98 Å². The number of benzene rings is 1. The zero-order chi connectivity index (χ0) is 18.9. The number of carbonyl (C=O) groups is 1. The van der Waals surface area contributed by atoms with E-state index in [1.165, 1.54) is 12.1 Å². The molecule has 6 heteroatoms. The molecule has 0 aliphatic carbocycles. The van der Waals surface area contributed by atoms with Crippen molar-refractivity contribution in [2.45, 2.75) is 58.1 Å². The lowest BCUT2D eigenvalue weighted by Gasteiger charge is -2.37. The van der Waals surface area contributed by atoms with Gasteiger partial charge in [0.25, 0.3) is 0 Å². The molecule has 0 N–H and O–H groups in total. The van der Waals surface area contributed by atoms with Crippen LogP contribution < -0.4 is 0 Å². The first kappa shape index (κ1) is 18.4. The number of likely N-dealkylation sites (tertiary alicyclic amines) is 1. The normalized spacial score (nSPS) is 20.9. The van der Waals surface area contributed by atoms with Crippen LogP contribution in [-0.2, 0) is 4.74 Å². The van der Waals surface area contributed by atoms with Crippen LogP contribution in [0.1, 0.15) is 52.3 Å². The highest BCUT2D eigenvalue weighted by molar-refractivity contribution is 5.68. The minimum Gasteiger partial charge on any atom is -0.448 e. The fourth-order valence-corrected chi connectivity index (χ4v) is 3.11. The Morgan fingerprint density at radius 1 is 1.27 bits per heavy atom. The molecule has 1 aliphatic heterocycles. The minimum atomic E-state index is -0.525. The van der Waals surface area contributed by atoms with Crippen LogP contribution in [0.3, 0.4) is 0 Å². The maximum Gasteiger partial charge on any atom is 0.410 e. The number of hydrogen-bond acceptors (Lipinski definition) is 4. The number of carbonyl (C=O) groups excluding carboxylic acids is 1. The Morgan fingerprint density at radius 2 is 1.96 bits per heavy atom. The summed E-state index contributed by atoms with van der Waals surface area (Å²) >= 11 is 0. The average molecular weight is 360 g/mol. The SMILES string of the molecule is C[C@@H]1CC[C@H](c2nc(-c3ccc(F)cc3)co2)CN1C(=O)OC(C)(C)C. The molecule has 1 aliphatic rings. The predicted molar refractivity (Wildman–Crippen MR) is 96.3 cm³/mol. The molecule has 1 aromatic heterocycles. The van der Waals surface area contributed by atoms with E-state index in [1.54, 1.807) is 23.3 Å². The Hall–Kier alpha value is -2.37. The maximum atomic E-state index is 13.1. The van der Waals surface area contributed by atoms with Crippen LogP contribution in [0.4, 0.5) is 9.18 Å². The summed E-state index contributed by atoms with van der Waals surface area (Å²) in [5, 5.41) is 0. The van der Waals surface area contributed by atoms with Crippen LogP contribution >= 0.6 is 0 Å². The van der Waals surface area contributed by atoms with Crippen molar-refractivity contribution in [2.75, 3.05) is 6.54 Å². The van der Waals surface area contributed by atoms with Gasteiger partial charge in [-0.15, -0.1) is 0 Å². The van der Waals surface area contributed by atoms with Crippen LogP contribution in [0.15, 0.2) is 34.9 Å². The summed E-state index contributed by atoms with van der Waals surface area (Å²) in [5.74, 6) is 0.337. The summed E-state index contributed by atoms with van der Waals surface area (Å²) in [4.78, 5) is 18.8. The summed E-state index contributed by atoms with van der Waals surface area (Å²) in [6.45, 7) is 8.12. The molecule has 0 unspecified atom stereocenters. The number of nitrogens with zero attached hydrogens (tertiary/aromatic N) is 2. The Kier molecular flexibility index (Phi) is 5.03. The molecule has 0 saturated carbocycles. The summed E-state index contributed by atoms with van der Waals surface area (Å²) in [5.41, 5.74) is 0.944. The Morgan fingerprint density at radius 3 is 2.62 bits per heavy atom. The van der Waals surface area contributed by atoms with Gasteiger partial charge in [-0.1, -0.05) is 0 Å². The third-order valence-electron chi connectivity index (χ3n) is 4.52. The largest absolute Gasteiger partial charge is 0.448 e. The van der Waals surface area contributed by atoms with E-state index >= 15 is 0 Å². The molecule has 2 atom stereocenters. The third kappa shape index (κ3) is 4.23. The summed E-state index contributed by atoms with van der Waals surface area (Å²) in [6.07, 6.45) is 3.03. The van der Waals surface area contributed by atoms with Crippen molar-refractivity contribution in [1.29, 1.82) is 0 Å². The smallest absolute Gasteiger partial charge is 0.410 e. The lowest BCUT2D eigenvalue weighted by molar-refractivity contribution is 0.00869. The van der Waals surface area contributed by atoms with Crippen LogP contribution in [-0.4, -0.2) is 34.2 Å². The summed E-state index contributed by atoms with van der Waals surface area (Å²) in [6, 6.07) is 6.26. The van der Waals surface area contributed by atoms with Gasteiger partial charge in [0.2, 0.25) is 0 Å². The van der Waals surface area contributed by atoms with E-state index < -0.39 is 5.60 Å². The molecule has 0 spiro atoms. The molecule has 1 amide bonds. The van der Waals surface area contributed by atoms with E-state index in [0.717, 1.165) is 18.4 Å². The van der Waals surface area contributed by atoms with Gasteiger partial charge in [0.1, 0.15) is 23.4 Å². The second-order valence-corrected chi connectivity index (χ2v) is 7.83. The third-order valence-corrected chi connectivity index (χ3v) is 4.52. The van der Waals surface area contributed by atoms with Crippen molar-refractivity contribution in [2.24, 2.45) is 0 Å². The van der Waals surface area contributed by atoms with Crippen molar-refractivity contribution < 1.29 is 18.3 Å². The van der Waals surface area contributed by atoms with Gasteiger partial charge in [0.05, 0.1) is 5.92 Å². The van der Waals surface area contributed by atoms with Crippen LogP contribution in [0.5, 0.6) is 0 Å². The maximum absolute atomic E-state index is 13.1. The van der Waals surface area contributed by atoms with Crippen molar-refractivity contribution in [3.05, 3.63) is 42.2 Å². The van der Waals surface area contributed by atoms with Gasteiger partial charge in [-0.2, -0.15) is 0 Å². The van der Waals surface area contributed by atoms with Gasteiger partial charge in [0.15, 0.2) is 5.89 Å². The molecule has 0 bridgehead atoms. The fourth-order valence-electron chi connectivity index (χ4n) is 3.11. The standard InChI is InChI=1S/C20H25FN2O3/c1-13-5-6-15(11-23(13)19(24)26-20(2,3)4)18-22-17(12-25-18)14-7-9-16(21)10-8-14/h7-10,12-13,15H,5-6,11H2,1-4H3/t13-,15+/m1/s1. The summed E-state index contributed by atoms with van der Waals surface area (Å²) < 4.78 is 24.3. The second-order valence-electron chi connectivity index (χ2n) is 7.83. The van der Waals surface area contributed by atoms with E-state index in [1.807, 2.05) is 27.7 Å². The molecule has 3 rings (SSSR count). The van der Waals surface area contributed by atoms with Gasteiger partial charge in [0, 0.05) is 18.2 Å². The predicted octanol–water partition coefficient (Wildman–Crippen LogP) is 4.98. The first-order chi connectivity index (χ1) is 12.2. The minimum absolute atomic E-state index is 0.0212. The van der Waals surface area contributed by atoms with Crippen molar-refractivity contribution in [1.82, 2.24) is 9.88 Å². The molecule has 0 radical (unpaired) electrons.